The average Bonchev–Trinajstić information content (AvgIpc) is 3.15. The van der Waals surface area contributed by atoms with Crippen molar-refractivity contribution in [2.24, 2.45) is 5.73 Å². The van der Waals surface area contributed by atoms with Gasteiger partial charge in [0.25, 0.3) is 0 Å². The molecule has 2 aromatic rings. The lowest BCUT2D eigenvalue weighted by molar-refractivity contribution is -0.0534. The van der Waals surface area contributed by atoms with Crippen LogP contribution in [0, 0.1) is 23.0 Å². The van der Waals surface area contributed by atoms with Crippen LogP contribution in [-0.4, -0.2) is 33.6 Å². The molecule has 3 heterocycles. The van der Waals surface area contributed by atoms with E-state index in [9.17, 15) is 8.78 Å². The van der Waals surface area contributed by atoms with Gasteiger partial charge in [-0.3, -0.25) is 4.90 Å². The number of hydrogen-bond donors (Lipinski definition) is 2. The number of nitrogens with one attached hydrogen (secondary N) is 1. The molecule has 0 bridgehead atoms. The lowest BCUT2D eigenvalue weighted by Gasteiger charge is -2.38. The van der Waals surface area contributed by atoms with Gasteiger partial charge in [-0.1, -0.05) is 0 Å². The van der Waals surface area contributed by atoms with Crippen LogP contribution in [0.25, 0.3) is 0 Å². The number of fused-ring (bicyclic) bond motifs is 1. The first-order valence-corrected chi connectivity index (χ1v) is 8.09. The van der Waals surface area contributed by atoms with Gasteiger partial charge in [-0.15, -0.1) is 0 Å². The molecule has 130 valence electrons. The third-order valence-corrected chi connectivity index (χ3v) is 4.87. The quantitative estimate of drug-likeness (QED) is 0.865. The number of aromatic nitrogens is 2. The lowest BCUT2D eigenvalue weighted by atomic mass is 9.93. The van der Waals surface area contributed by atoms with Crippen molar-refractivity contribution in [2.45, 2.75) is 37.7 Å². The molecule has 1 aromatic carbocycles. The number of rotatable bonds is 2. The number of nitrogens with zero attached hydrogens (tertiary/aromatic N) is 3. The van der Waals surface area contributed by atoms with E-state index in [1.807, 2.05) is 6.07 Å². The highest BCUT2D eigenvalue weighted by atomic mass is 19.1. The molecular weight excluding hydrogens is 328 g/mol. The predicted octanol–water partition coefficient (Wildman–Crippen LogP) is 1.73. The maximum atomic E-state index is 14.0. The van der Waals surface area contributed by atoms with Gasteiger partial charge in [-0.2, -0.15) is 5.26 Å². The Hall–Kier alpha value is -2.34. The van der Waals surface area contributed by atoms with Crippen LogP contribution in [0.2, 0.25) is 0 Å². The van der Waals surface area contributed by atoms with Crippen LogP contribution in [0.4, 0.5) is 8.78 Å². The third kappa shape index (κ3) is 2.91. The summed E-state index contributed by atoms with van der Waals surface area (Å²) in [5.41, 5.74) is 8.17. The molecule has 3 atom stereocenters. The molecule has 0 unspecified atom stereocenters. The summed E-state index contributed by atoms with van der Waals surface area (Å²) < 4.78 is 33.2. The summed E-state index contributed by atoms with van der Waals surface area (Å²) in [6.07, 6.45) is -0.0496. The van der Waals surface area contributed by atoms with E-state index in [-0.39, 0.29) is 11.6 Å². The molecule has 2 aliphatic rings. The van der Waals surface area contributed by atoms with E-state index >= 15 is 0 Å². The van der Waals surface area contributed by atoms with Crippen LogP contribution < -0.4 is 5.73 Å². The Labute approximate surface area is 143 Å². The normalized spacial score (nSPS) is 26.4. The number of hydrogen-bond acceptors (Lipinski definition) is 5. The lowest BCUT2D eigenvalue weighted by Crippen LogP contribution is -2.47. The van der Waals surface area contributed by atoms with Crippen LogP contribution >= 0.6 is 0 Å². The highest BCUT2D eigenvalue weighted by molar-refractivity contribution is 5.26. The molecule has 1 aromatic heterocycles. The van der Waals surface area contributed by atoms with Crippen molar-refractivity contribution in [3.05, 3.63) is 52.6 Å². The number of halogens is 2. The molecule has 0 saturated carbocycles. The second-order valence-electron chi connectivity index (χ2n) is 6.50. The summed E-state index contributed by atoms with van der Waals surface area (Å²) in [5, 5.41) is 8.87. The fraction of sp³-hybridized carbons (Fsp3) is 0.412. The van der Waals surface area contributed by atoms with Gasteiger partial charge in [0, 0.05) is 30.7 Å². The summed E-state index contributed by atoms with van der Waals surface area (Å²) >= 11 is 0. The first kappa shape index (κ1) is 16.1. The molecule has 4 rings (SSSR count). The Morgan fingerprint density at radius 2 is 2.20 bits per heavy atom. The summed E-state index contributed by atoms with van der Waals surface area (Å²) in [5.74, 6) is -0.695. The molecule has 0 radical (unpaired) electrons. The van der Waals surface area contributed by atoms with E-state index in [1.54, 1.807) is 0 Å². The Kier molecular flexibility index (Phi) is 4.00. The van der Waals surface area contributed by atoms with Gasteiger partial charge in [0.05, 0.1) is 18.0 Å². The number of H-pyrrole nitrogens is 1. The minimum absolute atomic E-state index is 0.0657. The Morgan fingerprint density at radius 3 is 2.92 bits per heavy atom. The first-order valence-electron chi connectivity index (χ1n) is 8.09. The van der Waals surface area contributed by atoms with Crippen LogP contribution in [0.15, 0.2) is 18.2 Å². The number of imidazole rings is 1. The molecule has 2 aliphatic heterocycles. The second-order valence-corrected chi connectivity index (χ2v) is 6.50. The minimum Gasteiger partial charge on any atom is -0.370 e. The smallest absolute Gasteiger partial charge is 0.210 e. The van der Waals surface area contributed by atoms with Crippen molar-refractivity contribution in [1.82, 2.24) is 14.9 Å². The van der Waals surface area contributed by atoms with Crippen LogP contribution in [0.3, 0.4) is 0 Å². The molecule has 0 spiro atoms. The Bertz CT molecular complexity index is 823. The number of aromatic amines is 1. The van der Waals surface area contributed by atoms with E-state index in [0.717, 1.165) is 29.6 Å². The number of ether oxygens (including phenoxy) is 1. The fourth-order valence-electron chi connectivity index (χ4n) is 3.62. The number of benzene rings is 1. The van der Waals surface area contributed by atoms with E-state index in [2.05, 4.69) is 14.9 Å². The molecule has 1 saturated heterocycles. The summed E-state index contributed by atoms with van der Waals surface area (Å²) in [6.45, 7) is 1.64. The molecule has 1 fully saturated rings. The van der Waals surface area contributed by atoms with Crippen LogP contribution in [-0.2, 0) is 17.8 Å². The van der Waals surface area contributed by atoms with Gasteiger partial charge in [0.2, 0.25) is 5.82 Å². The van der Waals surface area contributed by atoms with Gasteiger partial charge in [-0.25, -0.2) is 13.8 Å². The molecule has 0 aliphatic carbocycles. The zero-order valence-corrected chi connectivity index (χ0v) is 13.4. The summed E-state index contributed by atoms with van der Waals surface area (Å²) in [7, 11) is 0. The molecule has 25 heavy (non-hydrogen) atoms. The highest BCUT2D eigenvalue weighted by Crippen LogP contribution is 2.33. The van der Waals surface area contributed by atoms with Crippen molar-refractivity contribution in [3.63, 3.8) is 0 Å². The van der Waals surface area contributed by atoms with Crippen molar-refractivity contribution in [3.8, 4) is 6.07 Å². The maximum absolute atomic E-state index is 14.0. The number of nitrogens with two attached hydrogens (primary N) is 1. The summed E-state index contributed by atoms with van der Waals surface area (Å²) in [6, 6.07) is 4.95. The zero-order chi connectivity index (χ0) is 17.6. The van der Waals surface area contributed by atoms with E-state index < -0.39 is 23.8 Å². The predicted molar refractivity (Wildman–Crippen MR) is 84.0 cm³/mol. The summed E-state index contributed by atoms with van der Waals surface area (Å²) in [4.78, 5) is 9.40. The third-order valence-electron chi connectivity index (χ3n) is 4.87. The number of nitriles is 1. The molecular formula is C17H17F2N5O. The van der Waals surface area contributed by atoms with Crippen LogP contribution in [0.5, 0.6) is 0 Å². The monoisotopic (exact) mass is 345 g/mol. The highest BCUT2D eigenvalue weighted by Gasteiger charge is 2.37. The average molecular weight is 345 g/mol. The fourth-order valence-corrected chi connectivity index (χ4v) is 3.62. The van der Waals surface area contributed by atoms with Gasteiger partial charge in [0.1, 0.15) is 23.8 Å². The molecule has 3 N–H and O–H groups in total. The van der Waals surface area contributed by atoms with Gasteiger partial charge in [0.15, 0.2) is 0 Å². The SMILES string of the molecule is N#Cc1nc2c([nH]1)CN([C@H]1CO[C@H](c3cc(F)ccc3F)[C@@H](N)C1)C2. The van der Waals surface area contributed by atoms with Crippen molar-refractivity contribution < 1.29 is 13.5 Å². The first-order chi connectivity index (χ1) is 12.0. The Morgan fingerprint density at radius 1 is 1.36 bits per heavy atom. The maximum Gasteiger partial charge on any atom is 0.210 e. The molecule has 6 nitrogen and oxygen atoms in total. The second kappa shape index (κ2) is 6.19. The van der Waals surface area contributed by atoms with Crippen LogP contribution in [0.1, 0.15) is 35.3 Å². The molecule has 8 heteroatoms. The van der Waals surface area contributed by atoms with Crippen molar-refractivity contribution in [2.75, 3.05) is 6.61 Å². The van der Waals surface area contributed by atoms with Crippen molar-refractivity contribution >= 4 is 0 Å². The van der Waals surface area contributed by atoms with E-state index in [1.165, 1.54) is 0 Å². The van der Waals surface area contributed by atoms with E-state index in [0.29, 0.717) is 31.9 Å². The largest absolute Gasteiger partial charge is 0.370 e. The van der Waals surface area contributed by atoms with Crippen molar-refractivity contribution in [1.29, 1.82) is 5.26 Å². The van der Waals surface area contributed by atoms with E-state index in [4.69, 9.17) is 15.7 Å². The molecule has 0 amide bonds. The van der Waals surface area contributed by atoms with Gasteiger partial charge >= 0.3 is 0 Å². The topological polar surface area (TPSA) is 91.0 Å². The zero-order valence-electron chi connectivity index (χ0n) is 13.4. The Balaban J connectivity index is 1.45. The minimum atomic E-state index is -0.657. The standard InChI is InChI=1S/C17H17F2N5O/c18-9-1-2-12(19)11(3-9)17-13(21)4-10(8-25-17)24-6-14-15(7-24)23-16(5-20)22-14/h1-3,10,13,17H,4,6-8,21H2,(H,22,23)/t10-,13+,17-/m1/s1. The van der Waals surface area contributed by atoms with Gasteiger partial charge < -0.3 is 15.5 Å². The van der Waals surface area contributed by atoms with Gasteiger partial charge in [-0.05, 0) is 24.6 Å².